The van der Waals surface area contributed by atoms with Crippen molar-refractivity contribution >= 4 is 0 Å². The lowest BCUT2D eigenvalue weighted by Gasteiger charge is -2.32. The molecule has 2 rings (SSSR count). The van der Waals surface area contributed by atoms with Crippen LogP contribution in [0.4, 0.5) is 13.2 Å². The second-order valence-corrected chi connectivity index (χ2v) is 4.63. The molecule has 0 amide bonds. The minimum absolute atomic E-state index is 0.158. The Balaban J connectivity index is 1.88. The first-order valence-electron chi connectivity index (χ1n) is 6.14. The van der Waals surface area contributed by atoms with Crippen LogP contribution in [0.2, 0.25) is 0 Å². The molecule has 106 valence electrons. The van der Waals surface area contributed by atoms with Crippen molar-refractivity contribution in [2.45, 2.75) is 25.6 Å². The molecule has 4 nitrogen and oxygen atoms in total. The van der Waals surface area contributed by atoms with Crippen molar-refractivity contribution in [3.63, 3.8) is 0 Å². The third-order valence-electron chi connectivity index (χ3n) is 3.31. The van der Waals surface area contributed by atoms with Gasteiger partial charge in [0.05, 0.1) is 18.7 Å². The Morgan fingerprint density at radius 3 is 2.63 bits per heavy atom. The van der Waals surface area contributed by atoms with Crippen LogP contribution in [0.15, 0.2) is 12.3 Å². The van der Waals surface area contributed by atoms with Gasteiger partial charge in [0.1, 0.15) is 0 Å². The number of rotatable bonds is 3. The van der Waals surface area contributed by atoms with Crippen molar-refractivity contribution in [1.29, 1.82) is 0 Å². The summed E-state index contributed by atoms with van der Waals surface area (Å²) in [5.74, 6) is -1.16. The Morgan fingerprint density at radius 2 is 2.05 bits per heavy atom. The van der Waals surface area contributed by atoms with Crippen LogP contribution in [0.5, 0.6) is 6.01 Å². The average Bonchev–Trinajstić information content (AvgIpc) is 2.38. The van der Waals surface area contributed by atoms with Crippen LogP contribution in [0.1, 0.15) is 18.5 Å². The van der Waals surface area contributed by atoms with Crippen LogP contribution in [0, 0.1) is 5.92 Å². The predicted molar refractivity (Wildman–Crippen MR) is 62.6 cm³/mol. The van der Waals surface area contributed by atoms with E-state index in [-0.39, 0.29) is 18.9 Å². The molecule has 0 aromatic carbocycles. The van der Waals surface area contributed by atoms with Gasteiger partial charge in [-0.05, 0) is 32.0 Å². The molecule has 0 unspecified atom stereocenters. The van der Waals surface area contributed by atoms with Gasteiger partial charge in [0.25, 0.3) is 0 Å². The third kappa shape index (κ3) is 3.79. The fraction of sp³-hybridized carbons (Fsp3) is 0.667. The molecule has 1 fully saturated rings. The number of hydrogen-bond acceptors (Lipinski definition) is 4. The molecule has 1 aliphatic rings. The van der Waals surface area contributed by atoms with Crippen LogP contribution < -0.4 is 4.74 Å². The minimum atomic E-state index is -4.07. The summed E-state index contributed by atoms with van der Waals surface area (Å²) in [7, 11) is 1.48. The number of methoxy groups -OCH3 is 1. The number of hydrogen-bond donors (Lipinski definition) is 0. The predicted octanol–water partition coefficient (Wildman–Crippen LogP) is 2.26. The van der Waals surface area contributed by atoms with Crippen molar-refractivity contribution in [2.24, 2.45) is 5.92 Å². The maximum absolute atomic E-state index is 12.5. The number of ether oxygens (including phenoxy) is 1. The van der Waals surface area contributed by atoms with Gasteiger partial charge in [0.15, 0.2) is 0 Å². The summed E-state index contributed by atoms with van der Waals surface area (Å²) in [5, 5.41) is 0. The van der Waals surface area contributed by atoms with Crippen molar-refractivity contribution in [1.82, 2.24) is 14.9 Å². The summed E-state index contributed by atoms with van der Waals surface area (Å²) in [5.41, 5.74) is 0.761. The van der Waals surface area contributed by atoms with E-state index in [1.54, 1.807) is 12.3 Å². The molecule has 0 saturated carbocycles. The van der Waals surface area contributed by atoms with E-state index in [4.69, 9.17) is 4.74 Å². The third-order valence-corrected chi connectivity index (χ3v) is 3.31. The number of alkyl halides is 3. The maximum Gasteiger partial charge on any atom is 0.391 e. The number of piperidine rings is 1. The molecule has 0 bridgehead atoms. The SMILES string of the molecule is COc1nccc(CN2CCC(C(F)(F)F)CC2)n1. The van der Waals surface area contributed by atoms with Crippen molar-refractivity contribution in [2.75, 3.05) is 20.2 Å². The molecule has 0 atom stereocenters. The Morgan fingerprint density at radius 1 is 1.37 bits per heavy atom. The van der Waals surface area contributed by atoms with Crippen LogP contribution in [0.3, 0.4) is 0 Å². The van der Waals surface area contributed by atoms with Crippen molar-refractivity contribution in [3.05, 3.63) is 18.0 Å². The molecule has 1 saturated heterocycles. The van der Waals surface area contributed by atoms with Crippen molar-refractivity contribution in [3.8, 4) is 6.01 Å². The highest BCUT2D eigenvalue weighted by molar-refractivity contribution is 5.05. The molecular formula is C12H16F3N3O. The van der Waals surface area contributed by atoms with Gasteiger partial charge in [-0.25, -0.2) is 4.98 Å². The van der Waals surface area contributed by atoms with E-state index in [1.807, 2.05) is 4.90 Å². The highest BCUT2D eigenvalue weighted by atomic mass is 19.4. The Bertz CT molecular complexity index is 417. The van der Waals surface area contributed by atoms with Gasteiger partial charge in [-0.3, -0.25) is 4.90 Å². The molecule has 1 aromatic heterocycles. The Hall–Kier alpha value is -1.37. The molecular weight excluding hydrogens is 259 g/mol. The normalized spacial score (nSPS) is 18.5. The van der Waals surface area contributed by atoms with E-state index in [0.717, 1.165) is 5.69 Å². The van der Waals surface area contributed by atoms with Gasteiger partial charge in [-0.1, -0.05) is 0 Å². The lowest BCUT2D eigenvalue weighted by atomic mass is 9.96. The Kier molecular flexibility index (Phi) is 4.24. The quantitative estimate of drug-likeness (QED) is 0.848. The molecule has 1 aromatic rings. The van der Waals surface area contributed by atoms with E-state index >= 15 is 0 Å². The van der Waals surface area contributed by atoms with E-state index in [1.165, 1.54) is 7.11 Å². The van der Waals surface area contributed by atoms with E-state index in [0.29, 0.717) is 19.6 Å². The van der Waals surface area contributed by atoms with Gasteiger partial charge < -0.3 is 4.74 Å². The van der Waals surface area contributed by atoms with Gasteiger partial charge in [0, 0.05) is 12.7 Å². The number of likely N-dealkylation sites (tertiary alicyclic amines) is 1. The smallest absolute Gasteiger partial charge is 0.391 e. The monoisotopic (exact) mass is 275 g/mol. The lowest BCUT2D eigenvalue weighted by Crippen LogP contribution is -2.38. The molecule has 0 radical (unpaired) electrons. The van der Waals surface area contributed by atoms with E-state index in [9.17, 15) is 13.2 Å². The summed E-state index contributed by atoms with van der Waals surface area (Å²) in [6, 6.07) is 2.03. The topological polar surface area (TPSA) is 38.2 Å². The zero-order valence-corrected chi connectivity index (χ0v) is 10.7. The molecule has 2 heterocycles. The molecule has 1 aliphatic heterocycles. The van der Waals surface area contributed by atoms with Crippen LogP contribution >= 0.6 is 0 Å². The van der Waals surface area contributed by atoms with Gasteiger partial charge in [0.2, 0.25) is 0 Å². The largest absolute Gasteiger partial charge is 0.467 e. The average molecular weight is 275 g/mol. The summed E-state index contributed by atoms with van der Waals surface area (Å²) < 4.78 is 42.5. The Labute approximate surface area is 109 Å². The zero-order valence-electron chi connectivity index (χ0n) is 10.7. The molecule has 19 heavy (non-hydrogen) atoms. The summed E-state index contributed by atoms with van der Waals surface area (Å²) in [6.45, 7) is 1.41. The van der Waals surface area contributed by atoms with Gasteiger partial charge in [-0.15, -0.1) is 0 Å². The molecule has 0 spiro atoms. The van der Waals surface area contributed by atoms with Crippen LogP contribution in [0.25, 0.3) is 0 Å². The summed E-state index contributed by atoms with van der Waals surface area (Å²) in [4.78, 5) is 10.0. The fourth-order valence-electron chi connectivity index (χ4n) is 2.21. The molecule has 0 N–H and O–H groups in total. The van der Waals surface area contributed by atoms with Gasteiger partial charge >= 0.3 is 12.2 Å². The highest BCUT2D eigenvalue weighted by Gasteiger charge is 2.40. The fourth-order valence-corrected chi connectivity index (χ4v) is 2.21. The standard InChI is InChI=1S/C12H16F3N3O/c1-19-11-16-5-2-10(17-11)8-18-6-3-9(4-7-18)12(13,14)15/h2,5,9H,3-4,6-8H2,1H3. The minimum Gasteiger partial charge on any atom is -0.467 e. The first kappa shape index (κ1) is 14.0. The van der Waals surface area contributed by atoms with E-state index in [2.05, 4.69) is 9.97 Å². The maximum atomic E-state index is 12.5. The van der Waals surface area contributed by atoms with Gasteiger partial charge in [-0.2, -0.15) is 18.2 Å². The summed E-state index contributed by atoms with van der Waals surface area (Å²) >= 11 is 0. The van der Waals surface area contributed by atoms with Crippen molar-refractivity contribution < 1.29 is 17.9 Å². The number of nitrogens with zero attached hydrogens (tertiary/aromatic N) is 3. The first-order chi connectivity index (χ1) is 8.99. The molecule has 0 aliphatic carbocycles. The second kappa shape index (κ2) is 5.73. The van der Waals surface area contributed by atoms with Crippen LogP contribution in [-0.4, -0.2) is 41.2 Å². The summed E-state index contributed by atoms with van der Waals surface area (Å²) in [6.07, 6.45) is -2.16. The zero-order chi connectivity index (χ0) is 13.9. The van der Waals surface area contributed by atoms with Crippen LogP contribution in [-0.2, 0) is 6.54 Å². The highest BCUT2D eigenvalue weighted by Crippen LogP contribution is 2.34. The number of aromatic nitrogens is 2. The number of halogens is 3. The second-order valence-electron chi connectivity index (χ2n) is 4.63. The van der Waals surface area contributed by atoms with E-state index < -0.39 is 12.1 Å². The lowest BCUT2D eigenvalue weighted by molar-refractivity contribution is -0.185. The first-order valence-corrected chi connectivity index (χ1v) is 6.14. The molecule has 7 heteroatoms.